The Balaban J connectivity index is 2.14. The zero-order valence-corrected chi connectivity index (χ0v) is 12.3. The monoisotopic (exact) mass is 274 g/mol. The lowest BCUT2D eigenvalue weighted by atomic mass is 9.95. The molecule has 1 heterocycles. The van der Waals surface area contributed by atoms with Crippen LogP contribution in [-0.2, 0) is 4.79 Å². The van der Waals surface area contributed by atoms with Crippen molar-refractivity contribution in [3.05, 3.63) is 41.5 Å². The number of allylic oxidation sites excluding steroid dienone is 1. The second kappa shape index (κ2) is 6.09. The van der Waals surface area contributed by atoms with Gasteiger partial charge < -0.3 is 15.4 Å². The summed E-state index contributed by atoms with van der Waals surface area (Å²) in [6.07, 6.45) is 1.67. The van der Waals surface area contributed by atoms with Crippen molar-refractivity contribution in [3.8, 4) is 5.75 Å². The molecule has 108 valence electrons. The van der Waals surface area contributed by atoms with E-state index in [0.29, 0.717) is 13.1 Å². The molecule has 1 aromatic rings. The van der Waals surface area contributed by atoms with Gasteiger partial charge in [-0.05, 0) is 31.5 Å². The number of rotatable bonds is 3. The molecule has 2 atom stereocenters. The van der Waals surface area contributed by atoms with Crippen molar-refractivity contribution in [2.45, 2.75) is 25.8 Å². The fourth-order valence-corrected chi connectivity index (χ4v) is 2.57. The second-order valence-electron chi connectivity index (χ2n) is 5.51. The highest BCUT2D eigenvalue weighted by Crippen LogP contribution is 2.29. The molecule has 1 saturated heterocycles. The van der Waals surface area contributed by atoms with Gasteiger partial charge in [0.2, 0.25) is 5.91 Å². The minimum Gasteiger partial charge on any atom is -0.497 e. The van der Waals surface area contributed by atoms with Crippen molar-refractivity contribution in [2.24, 2.45) is 5.73 Å². The van der Waals surface area contributed by atoms with Gasteiger partial charge in [0, 0.05) is 31.1 Å². The van der Waals surface area contributed by atoms with Crippen LogP contribution in [0.15, 0.2) is 35.9 Å². The zero-order valence-electron chi connectivity index (χ0n) is 12.3. The summed E-state index contributed by atoms with van der Waals surface area (Å²) in [5, 5.41) is 0. The Kier molecular flexibility index (Phi) is 4.45. The molecule has 0 aromatic heterocycles. The molecule has 1 amide bonds. The fraction of sp³-hybridized carbons (Fsp3) is 0.438. The van der Waals surface area contributed by atoms with Crippen LogP contribution in [0.3, 0.4) is 0 Å². The van der Waals surface area contributed by atoms with Crippen LogP contribution in [0.5, 0.6) is 5.75 Å². The molecule has 1 aliphatic rings. The molecule has 0 bridgehead atoms. The smallest absolute Gasteiger partial charge is 0.246 e. The molecule has 4 nitrogen and oxygen atoms in total. The molecule has 0 spiro atoms. The minimum atomic E-state index is -0.0309. The van der Waals surface area contributed by atoms with E-state index in [1.807, 2.05) is 43.0 Å². The van der Waals surface area contributed by atoms with E-state index < -0.39 is 0 Å². The number of benzene rings is 1. The number of nitrogens with zero attached hydrogens (tertiary/aromatic N) is 1. The Hall–Kier alpha value is -1.81. The quantitative estimate of drug-likeness (QED) is 0.857. The largest absolute Gasteiger partial charge is 0.497 e. The minimum absolute atomic E-state index is 0.0309. The molecule has 4 heteroatoms. The van der Waals surface area contributed by atoms with Crippen molar-refractivity contribution in [1.82, 2.24) is 4.90 Å². The average molecular weight is 274 g/mol. The Morgan fingerprint density at radius 1 is 1.40 bits per heavy atom. The van der Waals surface area contributed by atoms with Gasteiger partial charge >= 0.3 is 0 Å². The molecule has 1 fully saturated rings. The van der Waals surface area contributed by atoms with E-state index in [0.717, 1.165) is 16.9 Å². The summed E-state index contributed by atoms with van der Waals surface area (Å²) in [5.74, 6) is 1.04. The number of carbonyl (C=O) groups is 1. The van der Waals surface area contributed by atoms with Crippen LogP contribution < -0.4 is 10.5 Å². The van der Waals surface area contributed by atoms with Crippen molar-refractivity contribution >= 4 is 5.91 Å². The Bertz CT molecular complexity index is 521. The molecular weight excluding hydrogens is 252 g/mol. The summed E-state index contributed by atoms with van der Waals surface area (Å²) in [5.41, 5.74) is 8.34. The van der Waals surface area contributed by atoms with Crippen LogP contribution in [0.4, 0.5) is 0 Å². The predicted octanol–water partition coefficient (Wildman–Crippen LogP) is 1.91. The highest BCUT2D eigenvalue weighted by molar-refractivity contribution is 5.88. The summed E-state index contributed by atoms with van der Waals surface area (Å²) < 4.78 is 5.25. The van der Waals surface area contributed by atoms with Gasteiger partial charge in [0.15, 0.2) is 0 Å². The van der Waals surface area contributed by atoms with E-state index in [9.17, 15) is 4.79 Å². The number of hydrogen-bond donors (Lipinski definition) is 1. The lowest BCUT2D eigenvalue weighted by Crippen LogP contribution is -2.31. The molecule has 0 saturated carbocycles. The highest BCUT2D eigenvalue weighted by Gasteiger charge is 2.33. The fourth-order valence-electron chi connectivity index (χ4n) is 2.57. The number of nitrogens with two attached hydrogens (primary N) is 1. The first-order valence-electron chi connectivity index (χ1n) is 6.84. The highest BCUT2D eigenvalue weighted by atomic mass is 16.5. The summed E-state index contributed by atoms with van der Waals surface area (Å²) in [6.45, 7) is 5.11. The average Bonchev–Trinajstić information content (AvgIpc) is 2.80. The first-order valence-corrected chi connectivity index (χ1v) is 6.84. The molecule has 0 unspecified atom stereocenters. The topological polar surface area (TPSA) is 55.6 Å². The lowest BCUT2D eigenvalue weighted by molar-refractivity contribution is -0.125. The van der Waals surface area contributed by atoms with Gasteiger partial charge in [0.25, 0.3) is 0 Å². The third-order valence-electron chi connectivity index (χ3n) is 3.61. The van der Waals surface area contributed by atoms with Gasteiger partial charge in [0.1, 0.15) is 5.75 Å². The molecule has 2 N–H and O–H groups in total. The number of hydrogen-bond acceptors (Lipinski definition) is 3. The summed E-state index contributed by atoms with van der Waals surface area (Å²) in [7, 11) is 1.65. The SMILES string of the molecule is COc1cccc([C@H]2CN(C(=O)C=C(C)C)C[C@@H]2N)c1. The number of likely N-dealkylation sites (tertiary alicyclic amines) is 1. The maximum absolute atomic E-state index is 12.1. The third-order valence-corrected chi connectivity index (χ3v) is 3.61. The molecule has 0 radical (unpaired) electrons. The van der Waals surface area contributed by atoms with Crippen LogP contribution in [0.2, 0.25) is 0 Å². The van der Waals surface area contributed by atoms with E-state index >= 15 is 0 Å². The second-order valence-corrected chi connectivity index (χ2v) is 5.51. The van der Waals surface area contributed by atoms with Crippen molar-refractivity contribution in [1.29, 1.82) is 0 Å². The molecule has 0 aliphatic carbocycles. The van der Waals surface area contributed by atoms with Crippen LogP contribution in [0.1, 0.15) is 25.3 Å². The summed E-state index contributed by atoms with van der Waals surface area (Å²) >= 11 is 0. The molecular formula is C16H22N2O2. The van der Waals surface area contributed by atoms with Crippen LogP contribution in [0.25, 0.3) is 0 Å². The van der Waals surface area contributed by atoms with Crippen molar-refractivity contribution in [2.75, 3.05) is 20.2 Å². The number of carbonyl (C=O) groups excluding carboxylic acids is 1. The van der Waals surface area contributed by atoms with Crippen LogP contribution in [-0.4, -0.2) is 37.0 Å². The van der Waals surface area contributed by atoms with E-state index in [4.69, 9.17) is 10.5 Å². The van der Waals surface area contributed by atoms with Gasteiger partial charge in [0.05, 0.1) is 7.11 Å². The van der Waals surface area contributed by atoms with Crippen molar-refractivity contribution < 1.29 is 9.53 Å². The standard InChI is InChI=1S/C16H22N2O2/c1-11(2)7-16(19)18-9-14(15(17)10-18)12-5-4-6-13(8-12)20-3/h4-8,14-15H,9-10,17H2,1-3H3/t14-,15+/m1/s1. The molecule has 1 aromatic carbocycles. The Morgan fingerprint density at radius 2 is 2.15 bits per heavy atom. The van der Waals surface area contributed by atoms with Gasteiger partial charge in [-0.3, -0.25) is 4.79 Å². The van der Waals surface area contributed by atoms with Crippen LogP contribution in [0, 0.1) is 0 Å². The number of ether oxygens (including phenoxy) is 1. The lowest BCUT2D eigenvalue weighted by Gasteiger charge is -2.15. The maximum atomic E-state index is 12.1. The van der Waals surface area contributed by atoms with Gasteiger partial charge in [-0.1, -0.05) is 17.7 Å². The van der Waals surface area contributed by atoms with Gasteiger partial charge in [-0.2, -0.15) is 0 Å². The van der Waals surface area contributed by atoms with Crippen LogP contribution >= 0.6 is 0 Å². The summed E-state index contributed by atoms with van der Waals surface area (Å²) in [6, 6.07) is 7.88. The zero-order chi connectivity index (χ0) is 14.7. The van der Waals surface area contributed by atoms with E-state index in [2.05, 4.69) is 0 Å². The Labute approximate surface area is 120 Å². The molecule has 2 rings (SSSR count). The van der Waals surface area contributed by atoms with Crippen molar-refractivity contribution in [3.63, 3.8) is 0 Å². The maximum Gasteiger partial charge on any atom is 0.246 e. The normalized spacial score (nSPS) is 21.7. The van der Waals surface area contributed by atoms with E-state index in [1.165, 1.54) is 0 Å². The summed E-state index contributed by atoms with van der Waals surface area (Å²) in [4.78, 5) is 13.9. The first-order chi connectivity index (χ1) is 9.51. The number of amides is 1. The first kappa shape index (κ1) is 14.6. The van der Waals surface area contributed by atoms with E-state index in [1.54, 1.807) is 13.2 Å². The number of methoxy groups -OCH3 is 1. The van der Waals surface area contributed by atoms with Gasteiger partial charge in [-0.15, -0.1) is 0 Å². The molecule has 20 heavy (non-hydrogen) atoms. The third kappa shape index (κ3) is 3.20. The Morgan fingerprint density at radius 3 is 2.80 bits per heavy atom. The van der Waals surface area contributed by atoms with Gasteiger partial charge in [-0.25, -0.2) is 0 Å². The molecule has 1 aliphatic heterocycles. The predicted molar refractivity (Wildman–Crippen MR) is 79.7 cm³/mol. The van der Waals surface area contributed by atoms with E-state index in [-0.39, 0.29) is 17.9 Å².